The Labute approximate surface area is 161 Å². The molecule has 1 amide bonds. The molecule has 2 aromatic heterocycles. The van der Waals surface area contributed by atoms with Crippen molar-refractivity contribution in [3.05, 3.63) is 102 Å². The molecule has 0 saturated heterocycles. The lowest BCUT2D eigenvalue weighted by Crippen LogP contribution is -2.31. The number of Topliss-reactive ketones (excluding diaryl/α,β-unsaturated/α-hetero) is 1. The highest BCUT2D eigenvalue weighted by Gasteiger charge is 2.24. The van der Waals surface area contributed by atoms with Crippen LogP contribution in [-0.4, -0.2) is 16.1 Å². The number of benzene rings is 2. The van der Waals surface area contributed by atoms with Gasteiger partial charge in [0.15, 0.2) is 0 Å². The van der Waals surface area contributed by atoms with Gasteiger partial charge in [0, 0.05) is 23.8 Å². The van der Waals surface area contributed by atoms with E-state index in [0.29, 0.717) is 11.1 Å². The first kappa shape index (κ1) is 17.7. The average molecular weight is 372 g/mol. The molecule has 138 valence electrons. The number of fused-ring (bicyclic) bond motifs is 1. The summed E-state index contributed by atoms with van der Waals surface area (Å²) in [7, 11) is 0. The Hall–Kier alpha value is -3.73. The van der Waals surface area contributed by atoms with Gasteiger partial charge in [0.2, 0.25) is 0 Å². The van der Waals surface area contributed by atoms with E-state index in [-0.39, 0.29) is 18.1 Å². The number of aromatic nitrogens is 1. The fourth-order valence-electron chi connectivity index (χ4n) is 3.17. The van der Waals surface area contributed by atoms with Gasteiger partial charge in [-0.15, -0.1) is 0 Å². The molecule has 0 aliphatic rings. The minimum absolute atomic E-state index is 0.257. The molecule has 2 aromatic carbocycles. The van der Waals surface area contributed by atoms with Gasteiger partial charge in [0.1, 0.15) is 11.5 Å². The van der Waals surface area contributed by atoms with E-state index in [1.54, 1.807) is 28.8 Å². The van der Waals surface area contributed by atoms with Gasteiger partial charge in [-0.3, -0.25) is 9.59 Å². The highest BCUT2D eigenvalue weighted by Crippen LogP contribution is 2.28. The zero-order valence-corrected chi connectivity index (χ0v) is 14.9. The van der Waals surface area contributed by atoms with Crippen molar-refractivity contribution in [1.29, 1.82) is 0 Å². The summed E-state index contributed by atoms with van der Waals surface area (Å²) >= 11 is 0. The predicted octanol–water partition coefficient (Wildman–Crippen LogP) is 4.24. The van der Waals surface area contributed by atoms with E-state index in [0.717, 1.165) is 11.1 Å². The highest BCUT2D eigenvalue weighted by molar-refractivity contribution is 6.43. The largest absolute Gasteiger partial charge is 0.345 e. The zero-order chi connectivity index (χ0) is 19.5. The number of hydrogen-bond acceptors (Lipinski definition) is 2. The molecule has 0 unspecified atom stereocenters. The minimum Gasteiger partial charge on any atom is -0.345 e. The van der Waals surface area contributed by atoms with E-state index >= 15 is 0 Å². The minimum atomic E-state index is -0.684. The second-order valence-electron chi connectivity index (χ2n) is 6.41. The highest BCUT2D eigenvalue weighted by atomic mass is 19.1. The molecule has 1 N–H and O–H groups in total. The van der Waals surface area contributed by atoms with Crippen LogP contribution in [0.4, 0.5) is 4.39 Å². The third kappa shape index (κ3) is 3.42. The molecule has 4 aromatic rings. The molecular formula is C23H17FN2O2. The summed E-state index contributed by atoms with van der Waals surface area (Å²) in [5.74, 6) is -1.68. The number of nitrogens with zero attached hydrogens (tertiary/aromatic N) is 1. The number of nitrogens with one attached hydrogen (secondary N) is 1. The maximum absolute atomic E-state index is 13.3. The van der Waals surface area contributed by atoms with Crippen molar-refractivity contribution >= 4 is 17.2 Å². The number of halogens is 1. The topological polar surface area (TPSA) is 50.6 Å². The summed E-state index contributed by atoms with van der Waals surface area (Å²) in [5.41, 5.74) is 3.20. The molecule has 2 heterocycles. The third-order valence-corrected chi connectivity index (χ3v) is 4.55. The van der Waals surface area contributed by atoms with E-state index < -0.39 is 11.7 Å². The molecule has 0 bridgehead atoms. The molecule has 28 heavy (non-hydrogen) atoms. The van der Waals surface area contributed by atoms with Crippen LogP contribution < -0.4 is 5.32 Å². The van der Waals surface area contributed by atoms with Crippen molar-refractivity contribution in [2.24, 2.45) is 0 Å². The monoisotopic (exact) mass is 372 g/mol. The van der Waals surface area contributed by atoms with Gasteiger partial charge in [-0.2, -0.15) is 0 Å². The van der Waals surface area contributed by atoms with Crippen LogP contribution in [0, 0.1) is 5.82 Å². The average Bonchev–Trinajstić information content (AvgIpc) is 3.12. The Morgan fingerprint density at radius 2 is 1.61 bits per heavy atom. The van der Waals surface area contributed by atoms with Crippen molar-refractivity contribution in [3.63, 3.8) is 0 Å². The molecule has 0 fully saturated rings. The Kier molecular flexibility index (Phi) is 4.72. The predicted molar refractivity (Wildman–Crippen MR) is 105 cm³/mol. The smallest absolute Gasteiger partial charge is 0.294 e. The van der Waals surface area contributed by atoms with Gasteiger partial charge in [0.05, 0.1) is 0 Å². The molecule has 0 atom stereocenters. The molecular weight excluding hydrogens is 355 g/mol. The Balaban J connectivity index is 1.70. The van der Waals surface area contributed by atoms with Crippen LogP contribution >= 0.6 is 0 Å². The number of carbonyl (C=O) groups is 2. The number of pyridine rings is 1. The van der Waals surface area contributed by atoms with E-state index in [9.17, 15) is 14.0 Å². The van der Waals surface area contributed by atoms with E-state index in [4.69, 9.17) is 0 Å². The quantitative estimate of drug-likeness (QED) is 0.421. The maximum Gasteiger partial charge on any atom is 0.294 e. The Morgan fingerprint density at radius 1 is 0.893 bits per heavy atom. The van der Waals surface area contributed by atoms with Crippen molar-refractivity contribution in [3.8, 4) is 11.1 Å². The summed E-state index contributed by atoms with van der Waals surface area (Å²) in [6.45, 7) is 0.264. The first-order chi connectivity index (χ1) is 13.6. The van der Waals surface area contributed by atoms with Crippen molar-refractivity contribution < 1.29 is 14.0 Å². The van der Waals surface area contributed by atoms with Crippen LogP contribution in [0.5, 0.6) is 0 Å². The second kappa shape index (κ2) is 7.48. The summed E-state index contributed by atoms with van der Waals surface area (Å²) in [6.07, 6.45) is 1.74. The molecule has 0 saturated carbocycles. The molecule has 4 rings (SSSR count). The van der Waals surface area contributed by atoms with Gasteiger partial charge in [-0.1, -0.05) is 48.5 Å². The molecule has 4 nitrogen and oxygen atoms in total. The first-order valence-corrected chi connectivity index (χ1v) is 8.86. The van der Waals surface area contributed by atoms with Gasteiger partial charge in [0.25, 0.3) is 11.7 Å². The van der Waals surface area contributed by atoms with Crippen LogP contribution in [0.25, 0.3) is 16.6 Å². The Bertz CT molecular complexity index is 1150. The maximum atomic E-state index is 13.3. The summed E-state index contributed by atoms with van der Waals surface area (Å²) in [5, 5.41) is 2.68. The van der Waals surface area contributed by atoms with Gasteiger partial charge < -0.3 is 9.72 Å². The summed E-state index contributed by atoms with van der Waals surface area (Å²) in [6, 6.07) is 22.6. The lowest BCUT2D eigenvalue weighted by atomic mass is 10.0. The van der Waals surface area contributed by atoms with Crippen LogP contribution in [0.1, 0.15) is 16.1 Å². The van der Waals surface area contributed by atoms with Gasteiger partial charge >= 0.3 is 0 Å². The Morgan fingerprint density at radius 3 is 2.36 bits per heavy atom. The van der Waals surface area contributed by atoms with Crippen molar-refractivity contribution in [2.45, 2.75) is 6.54 Å². The number of hydrogen-bond donors (Lipinski definition) is 1. The molecule has 0 aliphatic heterocycles. The third-order valence-electron chi connectivity index (χ3n) is 4.55. The number of amides is 1. The van der Waals surface area contributed by atoms with Crippen LogP contribution in [0.2, 0.25) is 0 Å². The molecule has 0 aliphatic carbocycles. The SMILES string of the molecule is O=C(NCc1ccccc1)C(=O)c1c(-c2ccc(F)cc2)cc2ccccn12. The van der Waals surface area contributed by atoms with Crippen molar-refractivity contribution in [2.75, 3.05) is 0 Å². The van der Waals surface area contributed by atoms with Crippen molar-refractivity contribution in [1.82, 2.24) is 9.72 Å². The second-order valence-corrected chi connectivity index (χ2v) is 6.41. The number of ketones is 1. The van der Waals surface area contributed by atoms with Gasteiger partial charge in [-0.05, 0) is 41.5 Å². The molecule has 5 heteroatoms. The van der Waals surface area contributed by atoms with E-state index in [2.05, 4.69) is 5.32 Å². The lowest BCUT2D eigenvalue weighted by Gasteiger charge is -2.08. The van der Waals surface area contributed by atoms with Crippen LogP contribution in [0.3, 0.4) is 0 Å². The standard InChI is InChI=1S/C23H17FN2O2/c24-18-11-9-17(10-12-18)20-14-19-8-4-5-13-26(19)21(20)22(27)23(28)25-15-16-6-2-1-3-7-16/h1-14H,15H2,(H,25,28). The summed E-state index contributed by atoms with van der Waals surface area (Å²) in [4.78, 5) is 25.6. The fourth-order valence-corrected chi connectivity index (χ4v) is 3.17. The number of carbonyl (C=O) groups excluding carboxylic acids is 2. The zero-order valence-electron chi connectivity index (χ0n) is 14.9. The normalized spacial score (nSPS) is 10.8. The van der Waals surface area contributed by atoms with E-state index in [1.807, 2.05) is 48.5 Å². The van der Waals surface area contributed by atoms with Gasteiger partial charge in [-0.25, -0.2) is 4.39 Å². The van der Waals surface area contributed by atoms with E-state index in [1.165, 1.54) is 12.1 Å². The van der Waals surface area contributed by atoms with Crippen LogP contribution in [-0.2, 0) is 11.3 Å². The van der Waals surface area contributed by atoms with Crippen LogP contribution in [0.15, 0.2) is 85.1 Å². The fraction of sp³-hybridized carbons (Fsp3) is 0.0435. The summed E-state index contributed by atoms with van der Waals surface area (Å²) < 4.78 is 15.0. The lowest BCUT2D eigenvalue weighted by molar-refractivity contribution is -0.117. The molecule has 0 radical (unpaired) electrons. The number of rotatable bonds is 5. The molecule has 0 spiro atoms. The first-order valence-electron chi connectivity index (χ1n) is 8.86.